The summed E-state index contributed by atoms with van der Waals surface area (Å²) in [6, 6.07) is 7.25. The van der Waals surface area contributed by atoms with Crippen molar-refractivity contribution in [3.8, 4) is 0 Å². The quantitative estimate of drug-likeness (QED) is 0.822. The predicted octanol–water partition coefficient (Wildman–Crippen LogP) is 1.37. The monoisotopic (exact) mass is 307 g/mol. The summed E-state index contributed by atoms with van der Waals surface area (Å²) in [6.45, 7) is 6.57. The molecule has 1 heterocycles. The smallest absolute Gasteiger partial charge is 0.238 e. The third-order valence-corrected chi connectivity index (χ3v) is 3.54. The van der Waals surface area contributed by atoms with Crippen LogP contribution in [-0.2, 0) is 9.53 Å². The van der Waals surface area contributed by atoms with E-state index in [-0.39, 0.29) is 11.5 Å². The molecule has 0 aliphatic carbocycles. The molecule has 114 valence electrons. The number of morpholine rings is 1. The van der Waals surface area contributed by atoms with E-state index in [1.54, 1.807) is 6.07 Å². The molecular formula is C15H21N3O2S. The van der Waals surface area contributed by atoms with Gasteiger partial charge in [-0.3, -0.25) is 9.69 Å². The highest BCUT2D eigenvalue weighted by molar-refractivity contribution is 7.80. The van der Waals surface area contributed by atoms with Crippen molar-refractivity contribution in [3.05, 3.63) is 29.8 Å². The summed E-state index contributed by atoms with van der Waals surface area (Å²) in [7, 11) is 0. The second-order valence-corrected chi connectivity index (χ2v) is 6.25. The molecule has 0 atom stereocenters. The minimum atomic E-state index is -0.204. The highest BCUT2D eigenvalue weighted by Gasteiger charge is 2.28. The van der Waals surface area contributed by atoms with Gasteiger partial charge in [-0.25, -0.2) is 0 Å². The molecule has 0 unspecified atom stereocenters. The number of anilines is 1. The molecule has 1 aromatic rings. The van der Waals surface area contributed by atoms with Gasteiger partial charge in [-0.2, -0.15) is 0 Å². The zero-order valence-electron chi connectivity index (χ0n) is 12.4. The summed E-state index contributed by atoms with van der Waals surface area (Å²) in [6.07, 6.45) is 0. The maximum atomic E-state index is 12.1. The van der Waals surface area contributed by atoms with Crippen molar-refractivity contribution < 1.29 is 9.53 Å². The molecule has 5 nitrogen and oxygen atoms in total. The summed E-state index contributed by atoms with van der Waals surface area (Å²) in [5.74, 6) is -0.0483. The van der Waals surface area contributed by atoms with E-state index in [4.69, 9.17) is 22.7 Å². The summed E-state index contributed by atoms with van der Waals surface area (Å²) >= 11 is 4.93. The molecular weight excluding hydrogens is 286 g/mol. The zero-order chi connectivity index (χ0) is 15.5. The summed E-state index contributed by atoms with van der Waals surface area (Å²) in [4.78, 5) is 14.5. The number of amides is 1. The number of ether oxygens (including phenoxy) is 1. The van der Waals surface area contributed by atoms with Crippen LogP contribution in [0.25, 0.3) is 0 Å². The number of benzene rings is 1. The standard InChI is InChI=1S/C15H21N3O2S/c1-15(2)10-18(6-7-20-15)9-13(19)17-12-5-3-4-11(8-12)14(16)21/h3-5,8H,6-7,9-10H2,1-2H3,(H2,16,21)(H,17,19). The Morgan fingerprint density at radius 1 is 1.52 bits per heavy atom. The third-order valence-electron chi connectivity index (χ3n) is 3.30. The van der Waals surface area contributed by atoms with Crippen LogP contribution < -0.4 is 11.1 Å². The maximum absolute atomic E-state index is 12.1. The van der Waals surface area contributed by atoms with E-state index in [1.165, 1.54) is 0 Å². The van der Waals surface area contributed by atoms with E-state index in [9.17, 15) is 4.79 Å². The first kappa shape index (κ1) is 15.9. The number of nitrogens with two attached hydrogens (primary N) is 1. The Kier molecular flexibility index (Phi) is 4.92. The Bertz CT molecular complexity index is 545. The fraction of sp³-hybridized carbons (Fsp3) is 0.467. The van der Waals surface area contributed by atoms with Gasteiger partial charge in [-0.1, -0.05) is 24.4 Å². The van der Waals surface area contributed by atoms with Crippen molar-refractivity contribution in [1.82, 2.24) is 4.90 Å². The Morgan fingerprint density at radius 2 is 2.29 bits per heavy atom. The summed E-state index contributed by atoms with van der Waals surface area (Å²) in [5.41, 5.74) is 6.84. The van der Waals surface area contributed by atoms with Crippen molar-refractivity contribution in [1.29, 1.82) is 0 Å². The van der Waals surface area contributed by atoms with Crippen LogP contribution in [0.5, 0.6) is 0 Å². The predicted molar refractivity (Wildman–Crippen MR) is 87.4 cm³/mol. The van der Waals surface area contributed by atoms with Crippen molar-refractivity contribution in [2.75, 3.05) is 31.6 Å². The molecule has 0 saturated carbocycles. The highest BCUT2D eigenvalue weighted by atomic mass is 32.1. The van der Waals surface area contributed by atoms with Crippen LogP contribution in [-0.4, -0.2) is 47.6 Å². The summed E-state index contributed by atoms with van der Waals surface area (Å²) in [5, 5.41) is 2.88. The molecule has 1 saturated heterocycles. The molecule has 0 aromatic heterocycles. The average molecular weight is 307 g/mol. The highest BCUT2D eigenvalue weighted by Crippen LogP contribution is 2.16. The van der Waals surface area contributed by atoms with E-state index in [0.29, 0.717) is 23.8 Å². The van der Waals surface area contributed by atoms with Crippen LogP contribution in [0, 0.1) is 0 Å². The Balaban J connectivity index is 1.92. The number of rotatable bonds is 4. The minimum Gasteiger partial charge on any atom is -0.389 e. The van der Waals surface area contributed by atoms with E-state index in [1.807, 2.05) is 32.0 Å². The molecule has 2 rings (SSSR count). The molecule has 21 heavy (non-hydrogen) atoms. The minimum absolute atomic E-state index is 0.0483. The van der Waals surface area contributed by atoms with Gasteiger partial charge in [0.1, 0.15) is 4.99 Å². The van der Waals surface area contributed by atoms with Gasteiger partial charge in [0.25, 0.3) is 0 Å². The van der Waals surface area contributed by atoms with Gasteiger partial charge in [0.2, 0.25) is 5.91 Å². The molecule has 6 heteroatoms. The Hall–Kier alpha value is -1.50. The molecule has 1 aliphatic heterocycles. The van der Waals surface area contributed by atoms with Gasteiger partial charge in [0.05, 0.1) is 18.8 Å². The van der Waals surface area contributed by atoms with Crippen molar-refractivity contribution in [2.24, 2.45) is 5.73 Å². The van der Waals surface area contributed by atoms with E-state index < -0.39 is 0 Å². The number of hydrogen-bond donors (Lipinski definition) is 2. The molecule has 0 bridgehead atoms. The summed E-state index contributed by atoms with van der Waals surface area (Å²) < 4.78 is 5.64. The maximum Gasteiger partial charge on any atom is 0.238 e. The van der Waals surface area contributed by atoms with Gasteiger partial charge < -0.3 is 15.8 Å². The number of thiocarbonyl (C=S) groups is 1. The first-order valence-electron chi connectivity index (χ1n) is 6.92. The van der Waals surface area contributed by atoms with Gasteiger partial charge in [-0.05, 0) is 26.0 Å². The fourth-order valence-corrected chi connectivity index (χ4v) is 2.53. The number of hydrogen-bond acceptors (Lipinski definition) is 4. The largest absolute Gasteiger partial charge is 0.389 e. The topological polar surface area (TPSA) is 67.6 Å². The van der Waals surface area contributed by atoms with Crippen LogP contribution in [0.15, 0.2) is 24.3 Å². The molecule has 1 amide bonds. The fourth-order valence-electron chi connectivity index (χ4n) is 2.40. The second kappa shape index (κ2) is 6.51. The average Bonchev–Trinajstić information content (AvgIpc) is 2.37. The Morgan fingerprint density at radius 3 is 2.95 bits per heavy atom. The normalized spacial score (nSPS) is 18.2. The molecule has 0 radical (unpaired) electrons. The lowest BCUT2D eigenvalue weighted by Crippen LogP contribution is -2.50. The number of carbonyl (C=O) groups excluding carboxylic acids is 1. The van der Waals surface area contributed by atoms with E-state index in [0.717, 1.165) is 18.7 Å². The lowest BCUT2D eigenvalue weighted by Gasteiger charge is -2.37. The SMILES string of the molecule is CC1(C)CN(CC(=O)Nc2cccc(C(N)=S)c2)CCO1. The molecule has 1 aliphatic rings. The van der Waals surface area contributed by atoms with Crippen LogP contribution in [0.2, 0.25) is 0 Å². The lowest BCUT2D eigenvalue weighted by atomic mass is 10.1. The lowest BCUT2D eigenvalue weighted by molar-refractivity contribution is -0.122. The zero-order valence-corrected chi connectivity index (χ0v) is 13.2. The molecule has 1 aromatic carbocycles. The number of nitrogens with zero attached hydrogens (tertiary/aromatic N) is 1. The van der Waals surface area contributed by atoms with Gasteiger partial charge in [0.15, 0.2) is 0 Å². The Labute approximate surface area is 130 Å². The van der Waals surface area contributed by atoms with Crippen LogP contribution in [0.4, 0.5) is 5.69 Å². The number of carbonyl (C=O) groups is 1. The first-order chi connectivity index (χ1) is 9.85. The van der Waals surface area contributed by atoms with Crippen LogP contribution >= 0.6 is 12.2 Å². The van der Waals surface area contributed by atoms with E-state index in [2.05, 4.69) is 10.2 Å². The van der Waals surface area contributed by atoms with Crippen molar-refractivity contribution >= 4 is 28.8 Å². The van der Waals surface area contributed by atoms with Crippen molar-refractivity contribution in [3.63, 3.8) is 0 Å². The van der Waals surface area contributed by atoms with E-state index >= 15 is 0 Å². The van der Waals surface area contributed by atoms with Crippen LogP contribution in [0.1, 0.15) is 19.4 Å². The first-order valence-corrected chi connectivity index (χ1v) is 7.33. The molecule has 1 fully saturated rings. The molecule has 3 N–H and O–H groups in total. The molecule has 0 spiro atoms. The second-order valence-electron chi connectivity index (χ2n) is 5.81. The van der Waals surface area contributed by atoms with Crippen molar-refractivity contribution in [2.45, 2.75) is 19.4 Å². The number of nitrogens with one attached hydrogen (secondary N) is 1. The van der Waals surface area contributed by atoms with Crippen LogP contribution in [0.3, 0.4) is 0 Å². The van der Waals surface area contributed by atoms with Gasteiger partial charge in [-0.15, -0.1) is 0 Å². The van der Waals surface area contributed by atoms with Gasteiger partial charge in [0, 0.05) is 24.3 Å². The van der Waals surface area contributed by atoms with Gasteiger partial charge >= 0.3 is 0 Å². The third kappa shape index (κ3) is 4.77.